The molecule has 0 aliphatic rings. The van der Waals surface area contributed by atoms with Gasteiger partial charge in [0.2, 0.25) is 0 Å². The van der Waals surface area contributed by atoms with Crippen LogP contribution in [0.2, 0.25) is 0 Å². The van der Waals surface area contributed by atoms with Gasteiger partial charge in [0.25, 0.3) is 0 Å². The molecule has 2 N–H and O–H groups in total. The molecule has 2 rings (SSSR count). The number of carboxylic acid groups (broad SMARTS) is 2. The lowest BCUT2D eigenvalue weighted by atomic mass is 10.1. The number of pyridine rings is 2. The summed E-state index contributed by atoms with van der Waals surface area (Å²) in [6, 6.07) is 0.941. The summed E-state index contributed by atoms with van der Waals surface area (Å²) in [4.78, 5) is 28.5. The third kappa shape index (κ3) is 4.07. The number of hydrogen-bond acceptors (Lipinski definition) is 4. The van der Waals surface area contributed by atoms with Crippen LogP contribution in [0.15, 0.2) is 24.3 Å². The zero-order valence-corrected chi connectivity index (χ0v) is 12.2. The van der Waals surface area contributed by atoms with Crippen molar-refractivity contribution >= 4 is 11.9 Å². The van der Waals surface area contributed by atoms with Crippen molar-refractivity contribution in [1.82, 2.24) is 9.97 Å². The van der Waals surface area contributed by atoms with E-state index in [2.05, 4.69) is 9.97 Å². The van der Waals surface area contributed by atoms with Gasteiger partial charge >= 0.3 is 24.3 Å². The van der Waals surface area contributed by atoms with Crippen LogP contribution in [0.5, 0.6) is 0 Å². The Balaban J connectivity index is 2.78. The molecule has 26 heavy (non-hydrogen) atoms. The minimum absolute atomic E-state index is 0.192. The van der Waals surface area contributed by atoms with E-state index in [-0.39, 0.29) is 24.3 Å². The Labute approximate surface area is 139 Å². The average molecular weight is 380 g/mol. The summed E-state index contributed by atoms with van der Waals surface area (Å²) in [5.74, 6) is -3.72. The van der Waals surface area contributed by atoms with Crippen LogP contribution in [0.4, 0.5) is 26.3 Å². The Hall–Kier alpha value is -3.18. The van der Waals surface area contributed by atoms with Gasteiger partial charge in [0.1, 0.15) is 11.4 Å². The molecule has 0 atom stereocenters. The summed E-state index contributed by atoms with van der Waals surface area (Å²) in [6.45, 7) is 0. The highest BCUT2D eigenvalue weighted by Gasteiger charge is 2.35. The van der Waals surface area contributed by atoms with Crippen LogP contribution in [0.3, 0.4) is 0 Å². The molecule has 2 aromatic heterocycles. The van der Waals surface area contributed by atoms with Crippen molar-refractivity contribution in [1.29, 1.82) is 0 Å². The van der Waals surface area contributed by atoms with Gasteiger partial charge in [0.15, 0.2) is 0 Å². The largest absolute Gasteiger partial charge is 0.477 e. The summed E-state index contributed by atoms with van der Waals surface area (Å²) >= 11 is 0. The van der Waals surface area contributed by atoms with Crippen molar-refractivity contribution in [2.75, 3.05) is 0 Å². The lowest BCUT2D eigenvalue weighted by Gasteiger charge is -2.12. The van der Waals surface area contributed by atoms with Crippen LogP contribution in [-0.2, 0) is 12.4 Å². The van der Waals surface area contributed by atoms with Crippen LogP contribution >= 0.6 is 0 Å². The first-order chi connectivity index (χ1) is 11.8. The first-order valence-electron chi connectivity index (χ1n) is 6.44. The Morgan fingerprint density at radius 2 is 1.00 bits per heavy atom. The standard InChI is InChI=1S/C14H6F6N2O4/c15-13(16,17)5-1-7(21-9(3-5)11(23)24)8-2-6(14(18,19)20)4-10(22-8)12(25)26/h1-4H,(H,23,24)(H,25,26). The van der Waals surface area contributed by atoms with Crippen molar-refractivity contribution in [3.8, 4) is 11.4 Å². The molecule has 0 radical (unpaired) electrons. The van der Waals surface area contributed by atoms with Crippen molar-refractivity contribution in [2.45, 2.75) is 12.4 Å². The third-order valence-corrected chi connectivity index (χ3v) is 3.01. The molecule has 2 aromatic rings. The van der Waals surface area contributed by atoms with Crippen LogP contribution in [0, 0.1) is 0 Å². The molecular formula is C14H6F6N2O4. The van der Waals surface area contributed by atoms with Gasteiger partial charge in [0, 0.05) is 0 Å². The Morgan fingerprint density at radius 3 is 1.23 bits per heavy atom. The number of carbonyl (C=O) groups is 2. The molecule has 0 spiro atoms. The molecule has 6 nitrogen and oxygen atoms in total. The maximum atomic E-state index is 12.9. The van der Waals surface area contributed by atoms with E-state index in [0.29, 0.717) is 0 Å². The molecule has 2 heterocycles. The lowest BCUT2D eigenvalue weighted by Crippen LogP contribution is -2.13. The molecule has 0 unspecified atom stereocenters. The molecule has 0 saturated heterocycles. The second kappa shape index (κ2) is 6.28. The first kappa shape index (κ1) is 19.1. The summed E-state index contributed by atoms with van der Waals surface area (Å²) < 4.78 is 77.3. The van der Waals surface area contributed by atoms with Crippen molar-refractivity contribution in [3.05, 3.63) is 46.8 Å². The molecular weight excluding hydrogens is 374 g/mol. The fourth-order valence-electron chi connectivity index (χ4n) is 1.87. The van der Waals surface area contributed by atoms with Gasteiger partial charge in [0.05, 0.1) is 22.5 Å². The molecule has 0 fully saturated rings. The second-order valence-corrected chi connectivity index (χ2v) is 4.86. The van der Waals surface area contributed by atoms with Gasteiger partial charge in [-0.2, -0.15) is 26.3 Å². The van der Waals surface area contributed by atoms with Crippen molar-refractivity contribution in [3.63, 3.8) is 0 Å². The molecule has 12 heteroatoms. The van der Waals surface area contributed by atoms with Gasteiger partial charge in [-0.05, 0) is 24.3 Å². The number of nitrogens with zero attached hydrogens (tertiary/aromatic N) is 2. The molecule has 138 valence electrons. The molecule has 0 bridgehead atoms. The molecule has 0 aliphatic heterocycles. The zero-order chi connectivity index (χ0) is 19.9. The van der Waals surface area contributed by atoms with E-state index >= 15 is 0 Å². The topological polar surface area (TPSA) is 100 Å². The third-order valence-electron chi connectivity index (χ3n) is 3.01. The highest BCUT2D eigenvalue weighted by atomic mass is 19.4. The van der Waals surface area contributed by atoms with E-state index in [9.17, 15) is 35.9 Å². The fraction of sp³-hybridized carbons (Fsp3) is 0.143. The minimum atomic E-state index is -5.01. The number of aromatic nitrogens is 2. The number of alkyl halides is 6. The Kier molecular flexibility index (Phi) is 4.62. The molecule has 0 saturated carbocycles. The predicted molar refractivity (Wildman–Crippen MR) is 71.4 cm³/mol. The van der Waals surface area contributed by atoms with Crippen molar-refractivity contribution < 1.29 is 46.1 Å². The highest BCUT2D eigenvalue weighted by molar-refractivity contribution is 5.87. The fourth-order valence-corrected chi connectivity index (χ4v) is 1.87. The molecule has 0 amide bonds. The quantitative estimate of drug-likeness (QED) is 0.790. The van der Waals surface area contributed by atoms with Gasteiger partial charge in [-0.3, -0.25) is 0 Å². The monoisotopic (exact) mass is 380 g/mol. The van der Waals surface area contributed by atoms with Crippen LogP contribution in [-0.4, -0.2) is 32.1 Å². The van der Waals surface area contributed by atoms with E-state index in [4.69, 9.17) is 10.2 Å². The van der Waals surface area contributed by atoms with Gasteiger partial charge in [-0.25, -0.2) is 19.6 Å². The van der Waals surface area contributed by atoms with Gasteiger partial charge < -0.3 is 10.2 Å². The van der Waals surface area contributed by atoms with E-state index in [1.165, 1.54) is 0 Å². The average Bonchev–Trinajstić information content (AvgIpc) is 2.52. The molecule has 0 aliphatic carbocycles. The number of hydrogen-bond donors (Lipinski definition) is 2. The van der Waals surface area contributed by atoms with E-state index < -0.39 is 58.2 Å². The van der Waals surface area contributed by atoms with E-state index in [1.807, 2.05) is 0 Å². The van der Waals surface area contributed by atoms with Crippen LogP contribution < -0.4 is 0 Å². The summed E-state index contributed by atoms with van der Waals surface area (Å²) in [6.07, 6.45) is -10.0. The van der Waals surface area contributed by atoms with E-state index in [0.717, 1.165) is 0 Å². The first-order valence-corrected chi connectivity index (χ1v) is 6.44. The van der Waals surface area contributed by atoms with Gasteiger partial charge in [-0.15, -0.1) is 0 Å². The zero-order valence-electron chi connectivity index (χ0n) is 12.2. The lowest BCUT2D eigenvalue weighted by molar-refractivity contribution is -0.138. The number of aromatic carboxylic acids is 2. The number of rotatable bonds is 3. The normalized spacial score (nSPS) is 12.1. The Bertz CT molecular complexity index is 818. The second-order valence-electron chi connectivity index (χ2n) is 4.86. The van der Waals surface area contributed by atoms with Gasteiger partial charge in [-0.1, -0.05) is 0 Å². The summed E-state index contributed by atoms with van der Waals surface area (Å²) in [5.41, 5.74) is -6.90. The smallest absolute Gasteiger partial charge is 0.416 e. The number of carboxylic acids is 2. The number of halogens is 6. The minimum Gasteiger partial charge on any atom is -0.477 e. The van der Waals surface area contributed by atoms with Crippen molar-refractivity contribution in [2.24, 2.45) is 0 Å². The maximum Gasteiger partial charge on any atom is 0.416 e. The highest BCUT2D eigenvalue weighted by Crippen LogP contribution is 2.34. The SMILES string of the molecule is O=C(O)c1cc(C(F)(F)F)cc(-c2cc(C(F)(F)F)cc(C(=O)O)n2)n1. The van der Waals surface area contributed by atoms with E-state index in [1.54, 1.807) is 0 Å². The molecule has 0 aromatic carbocycles. The summed E-state index contributed by atoms with van der Waals surface area (Å²) in [5, 5.41) is 17.7. The predicted octanol–water partition coefficient (Wildman–Crippen LogP) is 3.58. The maximum absolute atomic E-state index is 12.9. The Morgan fingerprint density at radius 1 is 0.692 bits per heavy atom. The summed E-state index contributed by atoms with van der Waals surface area (Å²) in [7, 11) is 0. The van der Waals surface area contributed by atoms with Crippen LogP contribution in [0.25, 0.3) is 11.4 Å². The van der Waals surface area contributed by atoms with Crippen LogP contribution in [0.1, 0.15) is 32.1 Å².